The highest BCUT2D eigenvalue weighted by molar-refractivity contribution is 8.26. The third-order valence-corrected chi connectivity index (χ3v) is 6.07. The number of nitrogens with zero attached hydrogens (tertiary/aromatic N) is 2. The van der Waals surface area contributed by atoms with E-state index in [1.165, 1.54) is 11.3 Å². The van der Waals surface area contributed by atoms with Crippen molar-refractivity contribution in [3.8, 4) is 0 Å². The molecular weight excluding hydrogens is 368 g/mol. The maximum Gasteiger partial charge on any atom is 0.323 e. The second kappa shape index (κ2) is 6.89. The molecule has 1 aromatic rings. The molecule has 2 heterocycles. The average Bonchev–Trinajstić information content (AvgIpc) is 2.97. The van der Waals surface area contributed by atoms with Crippen LogP contribution in [0.4, 0.5) is 5.69 Å². The fraction of sp³-hybridized carbons (Fsp3) is 0.316. The molecule has 7 heteroatoms. The van der Waals surface area contributed by atoms with Crippen molar-refractivity contribution in [1.29, 1.82) is 0 Å². The van der Waals surface area contributed by atoms with Crippen molar-refractivity contribution in [2.75, 3.05) is 18.0 Å². The number of rotatable bonds is 4. The summed E-state index contributed by atoms with van der Waals surface area (Å²) in [5.74, 6) is -1.43. The van der Waals surface area contributed by atoms with E-state index in [9.17, 15) is 9.59 Å². The van der Waals surface area contributed by atoms with Gasteiger partial charge in [-0.25, -0.2) is 0 Å². The number of carbonyl (C=O) groups excluding carboxylic acids is 1. The lowest BCUT2D eigenvalue weighted by Gasteiger charge is -2.25. The summed E-state index contributed by atoms with van der Waals surface area (Å²) in [7, 11) is 0. The smallest absolute Gasteiger partial charge is 0.323 e. The van der Waals surface area contributed by atoms with Crippen molar-refractivity contribution < 1.29 is 14.7 Å². The van der Waals surface area contributed by atoms with E-state index in [0.29, 0.717) is 4.91 Å². The molecule has 5 nitrogen and oxygen atoms in total. The van der Waals surface area contributed by atoms with Gasteiger partial charge in [0.15, 0.2) is 0 Å². The summed E-state index contributed by atoms with van der Waals surface area (Å²) in [6.07, 6.45) is 3.71. The number of likely N-dealkylation sites (N-methyl/N-ethyl adjacent to an activating group) is 1. The van der Waals surface area contributed by atoms with Gasteiger partial charge in [0, 0.05) is 23.3 Å². The third kappa shape index (κ3) is 3.05. The van der Waals surface area contributed by atoms with E-state index in [0.717, 1.165) is 28.9 Å². The lowest BCUT2D eigenvalue weighted by atomic mass is 9.84. The van der Waals surface area contributed by atoms with Crippen LogP contribution in [-0.2, 0) is 15.0 Å². The van der Waals surface area contributed by atoms with Gasteiger partial charge in [-0.2, -0.15) is 0 Å². The van der Waals surface area contributed by atoms with Gasteiger partial charge in [-0.05, 0) is 30.7 Å². The first-order chi connectivity index (χ1) is 12.3. The molecule has 0 aromatic heterocycles. The SMILES string of the molecule is CCN1/C(=C\C=C2/SC(=S)N(CC(=O)O)C2=O)C(C)(C)c2ccccc21. The summed E-state index contributed by atoms with van der Waals surface area (Å²) in [5, 5.41) is 8.93. The van der Waals surface area contributed by atoms with Crippen LogP contribution in [-0.4, -0.2) is 39.3 Å². The van der Waals surface area contributed by atoms with Crippen LogP contribution in [0, 0.1) is 0 Å². The number of aliphatic carboxylic acids is 1. The normalized spacial score (nSPS) is 21.8. The monoisotopic (exact) mass is 388 g/mol. The van der Waals surface area contributed by atoms with Gasteiger partial charge in [-0.1, -0.05) is 56.0 Å². The molecule has 2 aliphatic heterocycles. The fourth-order valence-electron chi connectivity index (χ4n) is 3.42. The van der Waals surface area contributed by atoms with Gasteiger partial charge >= 0.3 is 5.97 Å². The number of thiocarbonyl (C=S) groups is 1. The van der Waals surface area contributed by atoms with Crippen molar-refractivity contribution in [2.24, 2.45) is 0 Å². The first kappa shape index (κ1) is 18.7. The molecule has 1 N–H and O–H groups in total. The van der Waals surface area contributed by atoms with E-state index in [1.807, 2.05) is 18.2 Å². The van der Waals surface area contributed by atoms with Gasteiger partial charge in [0.25, 0.3) is 5.91 Å². The predicted molar refractivity (Wildman–Crippen MR) is 108 cm³/mol. The van der Waals surface area contributed by atoms with Crippen LogP contribution in [0.5, 0.6) is 0 Å². The number of hydrogen-bond acceptors (Lipinski definition) is 5. The average molecular weight is 389 g/mol. The number of carboxylic acids is 1. The van der Waals surface area contributed by atoms with Crippen LogP contribution in [0.1, 0.15) is 26.3 Å². The van der Waals surface area contributed by atoms with Crippen molar-refractivity contribution in [3.63, 3.8) is 0 Å². The Morgan fingerprint density at radius 1 is 1.27 bits per heavy atom. The largest absolute Gasteiger partial charge is 0.480 e. The predicted octanol–water partition coefficient (Wildman–Crippen LogP) is 3.52. The van der Waals surface area contributed by atoms with Crippen molar-refractivity contribution >= 4 is 45.9 Å². The summed E-state index contributed by atoms with van der Waals surface area (Å²) in [6, 6.07) is 8.30. The zero-order valence-corrected chi connectivity index (χ0v) is 16.5. The van der Waals surface area contributed by atoms with Gasteiger partial charge in [0.05, 0.1) is 4.91 Å². The number of hydrogen-bond donors (Lipinski definition) is 1. The molecule has 1 aromatic carbocycles. The van der Waals surface area contributed by atoms with Crippen molar-refractivity contribution in [2.45, 2.75) is 26.2 Å². The Morgan fingerprint density at radius 3 is 2.62 bits per heavy atom. The Balaban J connectivity index is 1.95. The van der Waals surface area contributed by atoms with E-state index < -0.39 is 12.5 Å². The Morgan fingerprint density at radius 2 is 1.96 bits per heavy atom. The van der Waals surface area contributed by atoms with Crippen LogP contribution < -0.4 is 4.90 Å². The fourth-order valence-corrected chi connectivity index (χ4v) is 4.62. The van der Waals surface area contributed by atoms with E-state index in [2.05, 4.69) is 37.8 Å². The topological polar surface area (TPSA) is 60.9 Å². The number of amides is 1. The molecule has 0 saturated carbocycles. The van der Waals surface area contributed by atoms with E-state index in [1.54, 1.807) is 6.08 Å². The zero-order valence-electron chi connectivity index (χ0n) is 14.9. The highest BCUT2D eigenvalue weighted by Gasteiger charge is 2.39. The minimum absolute atomic E-state index is 0.183. The number of carbonyl (C=O) groups is 2. The minimum atomic E-state index is -1.08. The second-order valence-corrected chi connectivity index (χ2v) is 8.30. The lowest BCUT2D eigenvalue weighted by molar-refractivity contribution is -0.140. The third-order valence-electron chi connectivity index (χ3n) is 4.68. The zero-order chi connectivity index (χ0) is 19.1. The number of allylic oxidation sites excluding steroid dienone is 3. The molecule has 1 fully saturated rings. The molecule has 0 radical (unpaired) electrons. The van der Waals surface area contributed by atoms with Gasteiger partial charge in [0.2, 0.25) is 0 Å². The molecule has 0 atom stereocenters. The summed E-state index contributed by atoms with van der Waals surface area (Å²) in [4.78, 5) is 27.2. The standard InChI is InChI=1S/C19H20N2O3S2/c1-4-20-13-8-6-5-7-12(13)19(2,3)15(20)10-9-14-17(24)21(11-16(22)23)18(25)26-14/h5-10H,4,11H2,1-3H3,(H,22,23)/b14-9-,15-10-. The summed E-state index contributed by atoms with van der Waals surface area (Å²) in [5.41, 5.74) is 3.35. The Hall–Kier alpha value is -2.12. The first-order valence-electron chi connectivity index (χ1n) is 8.32. The molecule has 136 valence electrons. The van der Waals surface area contributed by atoms with Crippen LogP contribution in [0.2, 0.25) is 0 Å². The summed E-state index contributed by atoms with van der Waals surface area (Å²) < 4.78 is 0.281. The Labute approximate surface area is 162 Å². The number of carboxylic acid groups (broad SMARTS) is 1. The Kier molecular flexibility index (Phi) is 4.94. The van der Waals surface area contributed by atoms with Crippen LogP contribution in [0.3, 0.4) is 0 Å². The minimum Gasteiger partial charge on any atom is -0.480 e. The van der Waals surface area contributed by atoms with Gasteiger partial charge in [-0.15, -0.1) is 0 Å². The summed E-state index contributed by atoms with van der Waals surface area (Å²) >= 11 is 6.29. The second-order valence-electron chi connectivity index (χ2n) is 6.62. The quantitative estimate of drug-likeness (QED) is 0.629. The number of anilines is 1. The van der Waals surface area contributed by atoms with E-state index in [4.69, 9.17) is 17.3 Å². The van der Waals surface area contributed by atoms with Gasteiger partial charge in [0.1, 0.15) is 10.9 Å². The highest BCUT2D eigenvalue weighted by atomic mass is 32.2. The molecule has 0 bridgehead atoms. The first-order valence-corrected chi connectivity index (χ1v) is 9.54. The van der Waals surface area contributed by atoms with Crippen LogP contribution >= 0.6 is 24.0 Å². The maximum atomic E-state index is 12.4. The number of para-hydroxylation sites is 1. The van der Waals surface area contributed by atoms with Crippen molar-refractivity contribution in [1.82, 2.24) is 4.90 Å². The molecular formula is C19H20N2O3S2. The molecule has 0 spiro atoms. The molecule has 1 amide bonds. The number of benzene rings is 1. The van der Waals surface area contributed by atoms with Gasteiger partial charge in [-0.3, -0.25) is 14.5 Å². The molecule has 3 rings (SSSR count). The number of thioether (sulfide) groups is 1. The van der Waals surface area contributed by atoms with E-state index in [-0.39, 0.29) is 15.6 Å². The van der Waals surface area contributed by atoms with E-state index >= 15 is 0 Å². The van der Waals surface area contributed by atoms with Crippen LogP contribution in [0.15, 0.2) is 47.0 Å². The molecule has 1 saturated heterocycles. The summed E-state index contributed by atoms with van der Waals surface area (Å²) in [6.45, 7) is 6.84. The number of fused-ring (bicyclic) bond motifs is 1. The molecule has 0 aliphatic carbocycles. The Bertz CT molecular complexity index is 858. The van der Waals surface area contributed by atoms with Gasteiger partial charge < -0.3 is 10.0 Å². The maximum absolute atomic E-state index is 12.4. The molecule has 2 aliphatic rings. The molecule has 0 unspecified atom stereocenters. The molecule has 26 heavy (non-hydrogen) atoms. The lowest BCUT2D eigenvalue weighted by Crippen LogP contribution is -2.33. The highest BCUT2D eigenvalue weighted by Crippen LogP contribution is 2.47. The van der Waals surface area contributed by atoms with Crippen LogP contribution in [0.25, 0.3) is 0 Å². The van der Waals surface area contributed by atoms with Crippen molar-refractivity contribution in [3.05, 3.63) is 52.6 Å².